The number of ether oxygens (including phenoxy) is 1. The van der Waals surface area contributed by atoms with E-state index < -0.39 is 17.5 Å². The minimum absolute atomic E-state index is 0.167. The van der Waals surface area contributed by atoms with Gasteiger partial charge in [0.2, 0.25) is 0 Å². The molecule has 1 amide bonds. The molecule has 0 spiro atoms. The fraction of sp³-hybridized carbons (Fsp3) is 0.0556. The van der Waals surface area contributed by atoms with Crippen LogP contribution in [0.5, 0.6) is 5.75 Å². The highest BCUT2D eigenvalue weighted by Crippen LogP contribution is 2.23. The van der Waals surface area contributed by atoms with Crippen LogP contribution in [0, 0.1) is 11.6 Å². The molecule has 0 radical (unpaired) electrons. The first-order chi connectivity index (χ1) is 11.1. The third-order valence-electron chi connectivity index (χ3n) is 3.32. The second kappa shape index (κ2) is 6.44. The number of halogens is 2. The van der Waals surface area contributed by atoms with E-state index >= 15 is 0 Å². The molecule has 0 fully saturated rings. The lowest BCUT2D eigenvalue weighted by molar-refractivity contribution is -0.118. The van der Waals surface area contributed by atoms with Crippen LogP contribution in [0.25, 0.3) is 10.8 Å². The van der Waals surface area contributed by atoms with E-state index in [2.05, 4.69) is 5.32 Å². The molecule has 3 aromatic carbocycles. The highest BCUT2D eigenvalue weighted by atomic mass is 19.1. The number of hydrogen-bond acceptors (Lipinski definition) is 2. The van der Waals surface area contributed by atoms with E-state index in [1.165, 1.54) is 0 Å². The number of anilines is 1. The molecule has 0 aromatic heterocycles. The van der Waals surface area contributed by atoms with Crippen LogP contribution in [-0.2, 0) is 4.79 Å². The highest BCUT2D eigenvalue weighted by molar-refractivity contribution is 6.02. The summed E-state index contributed by atoms with van der Waals surface area (Å²) in [4.78, 5) is 12.0. The van der Waals surface area contributed by atoms with Crippen molar-refractivity contribution in [3.63, 3.8) is 0 Å². The van der Waals surface area contributed by atoms with Gasteiger partial charge in [-0.25, -0.2) is 8.78 Å². The number of hydrogen-bond donors (Lipinski definition) is 1. The summed E-state index contributed by atoms with van der Waals surface area (Å²) < 4.78 is 31.3. The monoisotopic (exact) mass is 313 g/mol. The normalized spacial score (nSPS) is 10.5. The van der Waals surface area contributed by atoms with E-state index in [-0.39, 0.29) is 12.4 Å². The van der Waals surface area contributed by atoms with Crippen molar-refractivity contribution in [2.45, 2.75) is 0 Å². The molecule has 3 aromatic rings. The number of carbonyl (C=O) groups is 1. The van der Waals surface area contributed by atoms with Gasteiger partial charge < -0.3 is 10.1 Å². The van der Waals surface area contributed by atoms with Gasteiger partial charge in [-0.05, 0) is 23.6 Å². The van der Waals surface area contributed by atoms with Crippen molar-refractivity contribution >= 4 is 22.4 Å². The molecular formula is C18H13F2NO2. The number of benzene rings is 3. The Labute approximate surface area is 131 Å². The van der Waals surface area contributed by atoms with Gasteiger partial charge in [-0.2, -0.15) is 0 Å². The highest BCUT2D eigenvalue weighted by Gasteiger charge is 2.09. The van der Waals surface area contributed by atoms with Crippen LogP contribution in [0.4, 0.5) is 14.5 Å². The molecule has 0 aliphatic rings. The number of fused-ring (bicyclic) bond motifs is 1. The Morgan fingerprint density at radius 3 is 2.61 bits per heavy atom. The zero-order valence-electron chi connectivity index (χ0n) is 12.1. The molecule has 0 atom stereocenters. The lowest BCUT2D eigenvalue weighted by Crippen LogP contribution is -2.20. The number of rotatable bonds is 4. The predicted octanol–water partition coefficient (Wildman–Crippen LogP) is 4.14. The molecule has 0 aliphatic heterocycles. The van der Waals surface area contributed by atoms with Gasteiger partial charge in [0.1, 0.15) is 5.82 Å². The van der Waals surface area contributed by atoms with Gasteiger partial charge >= 0.3 is 0 Å². The first-order valence-electron chi connectivity index (χ1n) is 6.99. The molecule has 5 heteroatoms. The first-order valence-corrected chi connectivity index (χ1v) is 6.99. The van der Waals surface area contributed by atoms with Crippen LogP contribution >= 0.6 is 0 Å². The average molecular weight is 313 g/mol. The second-order valence-electron chi connectivity index (χ2n) is 4.94. The van der Waals surface area contributed by atoms with Crippen LogP contribution in [0.1, 0.15) is 0 Å². The van der Waals surface area contributed by atoms with Crippen molar-refractivity contribution in [2.75, 3.05) is 11.9 Å². The Bertz CT molecular complexity index is 859. The minimum atomic E-state index is -0.844. The zero-order chi connectivity index (χ0) is 16.2. The predicted molar refractivity (Wildman–Crippen MR) is 84.4 cm³/mol. The molecule has 0 unspecified atom stereocenters. The maximum atomic E-state index is 13.4. The van der Waals surface area contributed by atoms with Crippen molar-refractivity contribution in [3.8, 4) is 5.75 Å². The third kappa shape index (κ3) is 3.45. The summed E-state index contributed by atoms with van der Waals surface area (Å²) in [5.41, 5.74) is 0.649. The lowest BCUT2D eigenvalue weighted by atomic mass is 10.1. The number of carbonyl (C=O) groups excluding carboxylic acids is 1. The molecule has 1 N–H and O–H groups in total. The van der Waals surface area contributed by atoms with Crippen LogP contribution in [-0.4, -0.2) is 12.5 Å². The first kappa shape index (κ1) is 15.0. The average Bonchev–Trinajstić information content (AvgIpc) is 2.54. The fourth-order valence-electron chi connectivity index (χ4n) is 2.26. The Hall–Kier alpha value is -2.95. The van der Waals surface area contributed by atoms with E-state index in [4.69, 9.17) is 4.74 Å². The number of amides is 1. The summed E-state index contributed by atoms with van der Waals surface area (Å²) in [6.45, 7) is -0.369. The molecule has 0 bridgehead atoms. The minimum Gasteiger partial charge on any atom is -0.481 e. The van der Waals surface area contributed by atoms with Gasteiger partial charge in [0, 0.05) is 17.1 Å². The maximum Gasteiger partial charge on any atom is 0.262 e. The van der Waals surface area contributed by atoms with Crippen molar-refractivity contribution in [2.24, 2.45) is 0 Å². The standard InChI is InChI=1S/C18H13F2NO2/c19-13-8-9-17(15(20)10-13)23-11-18(22)21-16-7-3-5-12-4-1-2-6-14(12)16/h1-10H,11H2,(H,21,22). The van der Waals surface area contributed by atoms with E-state index in [0.29, 0.717) is 11.8 Å². The Kier molecular flexibility index (Phi) is 4.19. The maximum absolute atomic E-state index is 13.4. The van der Waals surface area contributed by atoms with Crippen LogP contribution in [0.3, 0.4) is 0 Å². The quantitative estimate of drug-likeness (QED) is 0.786. The SMILES string of the molecule is O=C(COc1ccc(F)cc1F)Nc1cccc2ccccc12. The molecule has 0 saturated heterocycles. The zero-order valence-corrected chi connectivity index (χ0v) is 12.1. The van der Waals surface area contributed by atoms with E-state index in [9.17, 15) is 13.6 Å². The van der Waals surface area contributed by atoms with Gasteiger partial charge in [0.15, 0.2) is 18.2 Å². The lowest BCUT2D eigenvalue weighted by Gasteiger charge is -2.10. The second-order valence-corrected chi connectivity index (χ2v) is 4.94. The fourth-order valence-corrected chi connectivity index (χ4v) is 2.26. The third-order valence-corrected chi connectivity index (χ3v) is 3.32. The van der Waals surface area contributed by atoms with Gasteiger partial charge in [-0.3, -0.25) is 4.79 Å². The summed E-state index contributed by atoms with van der Waals surface area (Å²) in [6.07, 6.45) is 0. The molecule has 23 heavy (non-hydrogen) atoms. The van der Waals surface area contributed by atoms with E-state index in [1.807, 2.05) is 36.4 Å². The van der Waals surface area contributed by atoms with Gasteiger partial charge in [0.25, 0.3) is 5.91 Å². The Morgan fingerprint density at radius 1 is 1.00 bits per heavy atom. The summed E-state index contributed by atoms with van der Waals surface area (Å²) in [7, 11) is 0. The molecule has 0 aliphatic carbocycles. The largest absolute Gasteiger partial charge is 0.481 e. The molecule has 3 rings (SSSR count). The van der Waals surface area contributed by atoms with Crippen LogP contribution < -0.4 is 10.1 Å². The van der Waals surface area contributed by atoms with Crippen molar-refractivity contribution < 1.29 is 18.3 Å². The van der Waals surface area contributed by atoms with Gasteiger partial charge in [0.05, 0.1) is 0 Å². The summed E-state index contributed by atoms with van der Waals surface area (Å²) >= 11 is 0. The molecule has 116 valence electrons. The molecule has 3 nitrogen and oxygen atoms in total. The molecule has 0 heterocycles. The summed E-state index contributed by atoms with van der Waals surface area (Å²) in [6, 6.07) is 16.1. The van der Waals surface area contributed by atoms with Crippen molar-refractivity contribution in [1.29, 1.82) is 0 Å². The van der Waals surface area contributed by atoms with E-state index in [0.717, 1.165) is 22.9 Å². The van der Waals surface area contributed by atoms with E-state index in [1.54, 1.807) is 6.07 Å². The smallest absolute Gasteiger partial charge is 0.262 e. The van der Waals surface area contributed by atoms with Crippen LogP contribution in [0.15, 0.2) is 60.7 Å². The Balaban J connectivity index is 1.69. The number of nitrogens with one attached hydrogen (secondary N) is 1. The van der Waals surface area contributed by atoms with Crippen LogP contribution in [0.2, 0.25) is 0 Å². The molecular weight excluding hydrogens is 300 g/mol. The van der Waals surface area contributed by atoms with Crippen molar-refractivity contribution in [1.82, 2.24) is 0 Å². The van der Waals surface area contributed by atoms with Gasteiger partial charge in [-0.15, -0.1) is 0 Å². The Morgan fingerprint density at radius 2 is 1.78 bits per heavy atom. The summed E-state index contributed by atoms with van der Waals surface area (Å²) in [5, 5.41) is 4.62. The van der Waals surface area contributed by atoms with Crippen molar-refractivity contribution in [3.05, 3.63) is 72.3 Å². The summed E-state index contributed by atoms with van der Waals surface area (Å²) in [5.74, 6) is -2.14. The van der Waals surface area contributed by atoms with Gasteiger partial charge in [-0.1, -0.05) is 36.4 Å². The topological polar surface area (TPSA) is 38.3 Å². The molecule has 0 saturated carbocycles.